The predicted octanol–water partition coefficient (Wildman–Crippen LogP) is 3.87. The van der Waals surface area contributed by atoms with Gasteiger partial charge in [-0.3, -0.25) is 19.3 Å². The van der Waals surface area contributed by atoms with E-state index in [1.165, 1.54) is 18.2 Å². The molecule has 1 saturated heterocycles. The number of rotatable bonds is 6. The van der Waals surface area contributed by atoms with Crippen LogP contribution in [0, 0.1) is 5.82 Å². The van der Waals surface area contributed by atoms with Gasteiger partial charge in [-0.25, -0.2) is 4.39 Å². The van der Waals surface area contributed by atoms with E-state index in [2.05, 4.69) is 5.32 Å². The topological polar surface area (TPSA) is 66.5 Å². The minimum absolute atomic E-state index is 0.0473. The monoisotopic (exact) mass is 418 g/mol. The standard InChI is InChI=1S/C20H16ClFN2O3S/c21-15-7-5-13(6-8-15)11-18(25)23-9-10-24-19(26)17(28-20(24)27)12-14-3-1-2-4-16(14)22/h1-8,12H,9-11H2,(H,23,25)/b17-12-. The Bertz CT molecular complexity index is 947. The first-order valence-electron chi connectivity index (χ1n) is 8.45. The van der Waals surface area contributed by atoms with Gasteiger partial charge in [0.1, 0.15) is 5.82 Å². The highest BCUT2D eigenvalue weighted by Crippen LogP contribution is 2.32. The second-order valence-electron chi connectivity index (χ2n) is 6.01. The molecule has 3 amide bonds. The first-order chi connectivity index (χ1) is 13.4. The van der Waals surface area contributed by atoms with Gasteiger partial charge in [0.25, 0.3) is 11.1 Å². The molecule has 2 aromatic rings. The van der Waals surface area contributed by atoms with Gasteiger partial charge in [-0.2, -0.15) is 0 Å². The Morgan fingerprint density at radius 2 is 1.86 bits per heavy atom. The van der Waals surface area contributed by atoms with E-state index in [-0.39, 0.29) is 35.9 Å². The molecule has 0 spiro atoms. The van der Waals surface area contributed by atoms with Crippen LogP contribution in [0.25, 0.3) is 6.08 Å². The molecule has 0 aromatic heterocycles. The number of carbonyl (C=O) groups is 3. The second-order valence-corrected chi connectivity index (χ2v) is 7.44. The Balaban J connectivity index is 1.54. The minimum Gasteiger partial charge on any atom is -0.354 e. The summed E-state index contributed by atoms with van der Waals surface area (Å²) in [7, 11) is 0. The van der Waals surface area contributed by atoms with Crippen molar-refractivity contribution in [2.45, 2.75) is 6.42 Å². The van der Waals surface area contributed by atoms with Crippen LogP contribution in [0.5, 0.6) is 0 Å². The van der Waals surface area contributed by atoms with Gasteiger partial charge in [-0.05, 0) is 41.6 Å². The van der Waals surface area contributed by atoms with Crippen molar-refractivity contribution in [1.82, 2.24) is 10.2 Å². The summed E-state index contributed by atoms with van der Waals surface area (Å²) in [5.41, 5.74) is 1.05. The summed E-state index contributed by atoms with van der Waals surface area (Å²) < 4.78 is 13.7. The summed E-state index contributed by atoms with van der Waals surface area (Å²) in [4.78, 5) is 37.7. The Morgan fingerprint density at radius 1 is 1.14 bits per heavy atom. The molecule has 1 heterocycles. The molecule has 1 aliphatic heterocycles. The number of hydrogen-bond acceptors (Lipinski definition) is 4. The summed E-state index contributed by atoms with van der Waals surface area (Å²) in [6.45, 7) is 0.184. The van der Waals surface area contributed by atoms with E-state index in [0.717, 1.165) is 22.2 Å². The Hall–Kier alpha value is -2.64. The van der Waals surface area contributed by atoms with Crippen LogP contribution in [0.3, 0.4) is 0 Å². The lowest BCUT2D eigenvalue weighted by atomic mass is 10.1. The number of nitrogens with one attached hydrogen (secondary N) is 1. The van der Waals surface area contributed by atoms with Gasteiger partial charge in [0.05, 0.1) is 11.3 Å². The van der Waals surface area contributed by atoms with Crippen LogP contribution in [-0.4, -0.2) is 35.0 Å². The molecular formula is C20H16ClFN2O3S. The molecule has 0 saturated carbocycles. The fourth-order valence-corrected chi connectivity index (χ4v) is 3.57. The van der Waals surface area contributed by atoms with Crippen molar-refractivity contribution < 1.29 is 18.8 Å². The van der Waals surface area contributed by atoms with Gasteiger partial charge in [-0.1, -0.05) is 41.9 Å². The maximum Gasteiger partial charge on any atom is 0.293 e. The molecule has 0 atom stereocenters. The third-order valence-corrected chi connectivity index (χ3v) is 5.16. The van der Waals surface area contributed by atoms with E-state index >= 15 is 0 Å². The second kappa shape index (κ2) is 9.03. The molecule has 8 heteroatoms. The number of imide groups is 1. The average Bonchev–Trinajstić information content (AvgIpc) is 2.93. The van der Waals surface area contributed by atoms with Crippen molar-refractivity contribution in [2.24, 2.45) is 0 Å². The Labute approximate surface area is 170 Å². The number of thioether (sulfide) groups is 1. The molecule has 28 heavy (non-hydrogen) atoms. The lowest BCUT2D eigenvalue weighted by Crippen LogP contribution is -2.37. The molecule has 1 aliphatic rings. The predicted molar refractivity (Wildman–Crippen MR) is 107 cm³/mol. The van der Waals surface area contributed by atoms with Gasteiger partial charge in [-0.15, -0.1) is 0 Å². The third kappa shape index (κ3) is 4.99. The SMILES string of the molecule is O=C(Cc1ccc(Cl)cc1)NCCN1C(=O)S/C(=C\c2ccccc2F)C1=O. The minimum atomic E-state index is -0.495. The number of hydrogen-bond donors (Lipinski definition) is 1. The van der Waals surface area contributed by atoms with Crippen molar-refractivity contribution in [2.75, 3.05) is 13.1 Å². The lowest BCUT2D eigenvalue weighted by Gasteiger charge is -2.13. The first-order valence-corrected chi connectivity index (χ1v) is 9.64. The number of nitrogens with zero attached hydrogens (tertiary/aromatic N) is 1. The van der Waals surface area contributed by atoms with Crippen LogP contribution in [0.1, 0.15) is 11.1 Å². The van der Waals surface area contributed by atoms with E-state index in [1.54, 1.807) is 36.4 Å². The highest BCUT2D eigenvalue weighted by atomic mass is 35.5. The van der Waals surface area contributed by atoms with Crippen LogP contribution in [-0.2, 0) is 16.0 Å². The van der Waals surface area contributed by atoms with Crippen molar-refractivity contribution in [3.05, 3.63) is 75.4 Å². The van der Waals surface area contributed by atoms with E-state index in [1.807, 2.05) is 0 Å². The van der Waals surface area contributed by atoms with Gasteiger partial charge >= 0.3 is 0 Å². The molecule has 0 unspecified atom stereocenters. The zero-order chi connectivity index (χ0) is 20.1. The quantitative estimate of drug-likeness (QED) is 0.723. The molecule has 144 valence electrons. The lowest BCUT2D eigenvalue weighted by molar-refractivity contribution is -0.124. The van der Waals surface area contributed by atoms with Crippen molar-refractivity contribution in [3.63, 3.8) is 0 Å². The fourth-order valence-electron chi connectivity index (χ4n) is 2.58. The maximum absolute atomic E-state index is 13.7. The van der Waals surface area contributed by atoms with E-state index in [0.29, 0.717) is 5.02 Å². The van der Waals surface area contributed by atoms with Crippen molar-refractivity contribution >= 4 is 46.5 Å². The molecule has 0 bridgehead atoms. The molecule has 3 rings (SSSR count). The van der Waals surface area contributed by atoms with Gasteiger partial charge < -0.3 is 5.32 Å². The van der Waals surface area contributed by atoms with E-state index in [4.69, 9.17) is 11.6 Å². The molecule has 2 aromatic carbocycles. The molecule has 1 N–H and O–H groups in total. The normalized spacial score (nSPS) is 15.4. The van der Waals surface area contributed by atoms with Gasteiger partial charge in [0.2, 0.25) is 5.91 Å². The van der Waals surface area contributed by atoms with E-state index in [9.17, 15) is 18.8 Å². The Kier molecular flexibility index (Phi) is 6.49. The van der Waals surface area contributed by atoms with Crippen LogP contribution >= 0.6 is 23.4 Å². The van der Waals surface area contributed by atoms with Crippen LogP contribution in [0.15, 0.2) is 53.4 Å². The summed E-state index contributed by atoms with van der Waals surface area (Å²) >= 11 is 6.56. The Morgan fingerprint density at radius 3 is 2.57 bits per heavy atom. The maximum atomic E-state index is 13.7. The van der Waals surface area contributed by atoms with Gasteiger partial charge in [0.15, 0.2) is 0 Å². The van der Waals surface area contributed by atoms with Crippen LogP contribution in [0.2, 0.25) is 5.02 Å². The third-order valence-electron chi connectivity index (χ3n) is 4.00. The summed E-state index contributed by atoms with van der Waals surface area (Å²) in [6, 6.07) is 12.9. The molecule has 0 radical (unpaired) electrons. The van der Waals surface area contributed by atoms with Crippen LogP contribution in [0.4, 0.5) is 9.18 Å². The number of amides is 3. The molecule has 1 fully saturated rings. The van der Waals surface area contributed by atoms with Crippen molar-refractivity contribution in [1.29, 1.82) is 0 Å². The number of carbonyl (C=O) groups excluding carboxylic acids is 3. The summed E-state index contributed by atoms with van der Waals surface area (Å²) in [6.07, 6.45) is 1.53. The molecule has 0 aliphatic carbocycles. The first kappa shape index (κ1) is 20.1. The molecular weight excluding hydrogens is 403 g/mol. The number of benzene rings is 2. The van der Waals surface area contributed by atoms with E-state index < -0.39 is 17.0 Å². The highest BCUT2D eigenvalue weighted by molar-refractivity contribution is 8.18. The highest BCUT2D eigenvalue weighted by Gasteiger charge is 2.34. The largest absolute Gasteiger partial charge is 0.354 e. The smallest absolute Gasteiger partial charge is 0.293 e. The van der Waals surface area contributed by atoms with Crippen LogP contribution < -0.4 is 5.32 Å². The average molecular weight is 419 g/mol. The zero-order valence-corrected chi connectivity index (χ0v) is 16.2. The fraction of sp³-hybridized carbons (Fsp3) is 0.150. The molecule has 5 nitrogen and oxygen atoms in total. The van der Waals surface area contributed by atoms with Gasteiger partial charge in [0, 0.05) is 23.7 Å². The number of halogens is 2. The zero-order valence-electron chi connectivity index (χ0n) is 14.7. The summed E-state index contributed by atoms with van der Waals surface area (Å²) in [5, 5.41) is 2.83. The van der Waals surface area contributed by atoms with Crippen molar-refractivity contribution in [3.8, 4) is 0 Å². The summed E-state index contributed by atoms with van der Waals surface area (Å²) in [5.74, 6) is -1.19.